The van der Waals surface area contributed by atoms with Gasteiger partial charge in [0.05, 0.1) is 11.5 Å². The molecule has 2 aromatic rings. The first-order valence-electron chi connectivity index (χ1n) is 13.2. The van der Waals surface area contributed by atoms with Gasteiger partial charge in [0.15, 0.2) is 0 Å². The van der Waals surface area contributed by atoms with E-state index in [0.29, 0.717) is 5.69 Å². The number of nitrogens with one attached hydrogen (secondary N) is 3. The minimum absolute atomic E-state index is 0.0758. The van der Waals surface area contributed by atoms with E-state index in [2.05, 4.69) is 48.0 Å². The third-order valence-corrected chi connectivity index (χ3v) is 7.76. The molecule has 0 spiro atoms. The van der Waals surface area contributed by atoms with Crippen LogP contribution in [0.1, 0.15) is 56.2 Å². The van der Waals surface area contributed by atoms with Gasteiger partial charge in [-0.1, -0.05) is 36.4 Å². The molecule has 2 fully saturated rings. The van der Waals surface area contributed by atoms with E-state index in [0.717, 1.165) is 41.8 Å². The molecule has 4 amide bonds. The third kappa shape index (κ3) is 5.33. The summed E-state index contributed by atoms with van der Waals surface area (Å²) in [7, 11) is 0. The Morgan fingerprint density at radius 3 is 2.59 bits per heavy atom. The largest absolute Gasteiger partial charge is 0.351 e. The van der Waals surface area contributed by atoms with E-state index in [1.807, 2.05) is 30.3 Å². The second-order valence-electron chi connectivity index (χ2n) is 10.9. The Kier molecular flexibility index (Phi) is 6.83. The van der Waals surface area contributed by atoms with E-state index in [9.17, 15) is 24.4 Å². The first-order valence-corrected chi connectivity index (χ1v) is 13.2. The van der Waals surface area contributed by atoms with E-state index >= 15 is 0 Å². The van der Waals surface area contributed by atoms with Gasteiger partial charge in [0, 0.05) is 23.7 Å². The van der Waals surface area contributed by atoms with Gasteiger partial charge in [0.25, 0.3) is 11.8 Å². The molecule has 5 rings (SSSR count). The maximum atomic E-state index is 13.0. The molecule has 3 N–H and O–H groups in total. The van der Waals surface area contributed by atoms with Crippen LogP contribution in [-0.4, -0.2) is 41.1 Å². The first-order chi connectivity index (χ1) is 18.6. The monoisotopic (exact) mass is 525 g/mol. The lowest BCUT2D eigenvalue weighted by molar-refractivity contribution is -0.149. The Bertz CT molecular complexity index is 1430. The number of benzene rings is 2. The summed E-state index contributed by atoms with van der Waals surface area (Å²) in [6.45, 7) is 4.88. The summed E-state index contributed by atoms with van der Waals surface area (Å²) in [5.41, 5.74) is 3.31. The van der Waals surface area contributed by atoms with Crippen LogP contribution in [0.2, 0.25) is 0 Å². The fraction of sp³-hybridized carbons (Fsp3) is 0.367. The maximum absolute atomic E-state index is 13.0. The molecule has 9 nitrogen and oxygen atoms in total. The van der Waals surface area contributed by atoms with E-state index in [4.69, 9.17) is 0 Å². The Labute approximate surface area is 227 Å². The molecular formula is C30H31N5O4. The molecule has 0 aromatic heterocycles. The van der Waals surface area contributed by atoms with E-state index < -0.39 is 29.7 Å². The topological polar surface area (TPSA) is 131 Å². The highest BCUT2D eigenvalue weighted by Crippen LogP contribution is 2.47. The molecule has 1 atom stereocenters. The average molecular weight is 526 g/mol. The summed E-state index contributed by atoms with van der Waals surface area (Å²) in [6.07, 6.45) is 4.04. The standard InChI is InChI=1S/C30H31N5O4/c1-29(2,32-14-11-19-5-3-7-21(15-19)30(18-31)12-13-30)20-6-4-8-22(16-20)33-23-17-26(37)35(28(23)39)24-9-10-25(36)34-27(24)38/h3-8,15-17,24,32-33H,9-14H2,1-2H3,(H,34,36,38). The van der Waals surface area contributed by atoms with Gasteiger partial charge in [0.1, 0.15) is 11.7 Å². The molecule has 1 saturated heterocycles. The van der Waals surface area contributed by atoms with Gasteiger partial charge in [-0.15, -0.1) is 0 Å². The van der Waals surface area contributed by atoms with Gasteiger partial charge in [-0.3, -0.25) is 29.4 Å². The summed E-state index contributed by atoms with van der Waals surface area (Å²) in [6, 6.07) is 17.3. The molecule has 0 radical (unpaired) electrons. The van der Waals surface area contributed by atoms with Crippen molar-refractivity contribution in [2.75, 3.05) is 11.9 Å². The third-order valence-electron chi connectivity index (χ3n) is 7.76. The number of rotatable bonds is 9. The smallest absolute Gasteiger partial charge is 0.278 e. The quantitative estimate of drug-likeness (QED) is 0.429. The Balaban J connectivity index is 1.21. The van der Waals surface area contributed by atoms with Crippen molar-refractivity contribution < 1.29 is 19.2 Å². The molecular weight excluding hydrogens is 494 g/mol. The number of nitrogens with zero attached hydrogens (tertiary/aromatic N) is 2. The summed E-state index contributed by atoms with van der Waals surface area (Å²) < 4.78 is 0. The zero-order chi connectivity index (χ0) is 27.8. The number of carbonyl (C=O) groups is 4. The van der Waals surface area contributed by atoms with Crippen molar-refractivity contribution in [2.45, 2.75) is 62.9 Å². The number of anilines is 1. The second kappa shape index (κ2) is 10.1. The van der Waals surface area contributed by atoms with Gasteiger partial charge < -0.3 is 10.6 Å². The highest BCUT2D eigenvalue weighted by molar-refractivity contribution is 6.20. The van der Waals surface area contributed by atoms with Gasteiger partial charge in [-0.05, 0) is 74.9 Å². The molecule has 1 aliphatic carbocycles. The van der Waals surface area contributed by atoms with Gasteiger partial charge >= 0.3 is 0 Å². The van der Waals surface area contributed by atoms with Crippen LogP contribution < -0.4 is 16.0 Å². The van der Waals surface area contributed by atoms with E-state index in [-0.39, 0.29) is 29.5 Å². The minimum atomic E-state index is -0.997. The van der Waals surface area contributed by atoms with Crippen LogP contribution in [0, 0.1) is 11.3 Å². The summed E-state index contributed by atoms with van der Waals surface area (Å²) in [4.78, 5) is 50.1. The number of piperidine rings is 1. The van der Waals surface area contributed by atoms with Gasteiger partial charge in [-0.25, -0.2) is 0 Å². The predicted molar refractivity (Wildman–Crippen MR) is 144 cm³/mol. The van der Waals surface area contributed by atoms with Crippen LogP contribution >= 0.6 is 0 Å². The second-order valence-corrected chi connectivity index (χ2v) is 10.9. The molecule has 2 heterocycles. The highest BCUT2D eigenvalue weighted by Gasteiger charge is 2.45. The van der Waals surface area contributed by atoms with Crippen LogP contribution in [0.15, 0.2) is 60.3 Å². The number of hydrogen-bond acceptors (Lipinski definition) is 7. The van der Waals surface area contributed by atoms with Crippen molar-refractivity contribution in [3.05, 3.63) is 77.0 Å². The van der Waals surface area contributed by atoms with E-state index in [1.165, 1.54) is 11.6 Å². The Hall–Kier alpha value is -4.29. The van der Waals surface area contributed by atoms with Crippen LogP contribution in [-0.2, 0) is 36.6 Å². The lowest BCUT2D eigenvalue weighted by Gasteiger charge is -2.28. The van der Waals surface area contributed by atoms with Gasteiger partial charge in [-0.2, -0.15) is 5.26 Å². The van der Waals surface area contributed by atoms with E-state index in [1.54, 1.807) is 6.07 Å². The highest BCUT2D eigenvalue weighted by atomic mass is 16.2. The summed E-state index contributed by atoms with van der Waals surface area (Å²) >= 11 is 0. The summed E-state index contributed by atoms with van der Waals surface area (Å²) in [5, 5.41) is 18.3. The SMILES string of the molecule is CC(C)(NCCc1cccc(C2(C#N)CC2)c1)c1cccc(NC2=CC(=O)N(C3CCC(=O)NC3=O)C2=O)c1. The van der Waals surface area contributed by atoms with Crippen molar-refractivity contribution in [1.29, 1.82) is 5.26 Å². The molecule has 3 aliphatic rings. The van der Waals surface area contributed by atoms with Crippen LogP contribution in [0.25, 0.3) is 0 Å². The zero-order valence-electron chi connectivity index (χ0n) is 22.0. The van der Waals surface area contributed by atoms with Crippen molar-refractivity contribution >= 4 is 29.3 Å². The Morgan fingerprint density at radius 2 is 1.87 bits per heavy atom. The Morgan fingerprint density at radius 1 is 1.10 bits per heavy atom. The fourth-order valence-electron chi connectivity index (χ4n) is 5.17. The fourth-order valence-corrected chi connectivity index (χ4v) is 5.17. The minimum Gasteiger partial charge on any atom is -0.351 e. The molecule has 2 aromatic carbocycles. The summed E-state index contributed by atoms with van der Waals surface area (Å²) in [5.74, 6) is -2.22. The molecule has 0 bridgehead atoms. The number of amides is 4. The van der Waals surface area contributed by atoms with Crippen molar-refractivity contribution in [3.63, 3.8) is 0 Å². The molecule has 9 heteroatoms. The number of imide groups is 2. The lowest BCUT2D eigenvalue weighted by atomic mass is 9.93. The molecule has 2 aliphatic heterocycles. The molecule has 39 heavy (non-hydrogen) atoms. The van der Waals surface area contributed by atoms with Crippen molar-refractivity contribution in [1.82, 2.24) is 15.5 Å². The molecule has 1 unspecified atom stereocenters. The molecule has 200 valence electrons. The van der Waals surface area contributed by atoms with Gasteiger partial charge in [0.2, 0.25) is 11.8 Å². The normalized spacial score (nSPS) is 20.4. The predicted octanol–water partition coefficient (Wildman–Crippen LogP) is 2.78. The average Bonchev–Trinajstić information content (AvgIpc) is 3.66. The number of nitriles is 1. The van der Waals surface area contributed by atoms with Crippen LogP contribution in [0.4, 0.5) is 5.69 Å². The molecule has 1 saturated carbocycles. The zero-order valence-corrected chi connectivity index (χ0v) is 22.0. The number of hydrogen-bond donors (Lipinski definition) is 3. The van der Waals surface area contributed by atoms with Crippen LogP contribution in [0.3, 0.4) is 0 Å². The maximum Gasteiger partial charge on any atom is 0.278 e. The van der Waals surface area contributed by atoms with Crippen molar-refractivity contribution in [2.24, 2.45) is 0 Å². The lowest BCUT2D eigenvalue weighted by Crippen LogP contribution is -2.54. The first kappa shape index (κ1) is 26.3. The van der Waals surface area contributed by atoms with Crippen molar-refractivity contribution in [3.8, 4) is 6.07 Å². The van der Waals surface area contributed by atoms with Crippen LogP contribution in [0.5, 0.6) is 0 Å². The number of carbonyl (C=O) groups excluding carboxylic acids is 4.